The number of hydrogen-bond acceptors (Lipinski definition) is 4. The molecule has 1 atom stereocenters. The lowest BCUT2D eigenvalue weighted by Gasteiger charge is -2.36. The van der Waals surface area contributed by atoms with Gasteiger partial charge in [0.2, 0.25) is 11.8 Å². The number of amides is 1. The van der Waals surface area contributed by atoms with Gasteiger partial charge in [-0.15, -0.1) is 0 Å². The number of aromatic nitrogens is 2. The molecule has 0 radical (unpaired) electrons. The highest BCUT2D eigenvalue weighted by Gasteiger charge is 2.31. The molecule has 2 heterocycles. The summed E-state index contributed by atoms with van der Waals surface area (Å²) < 4.78 is 5.80. The minimum atomic E-state index is -0.337. The Morgan fingerprint density at radius 2 is 2.26 bits per heavy atom. The summed E-state index contributed by atoms with van der Waals surface area (Å²) in [7, 11) is 0. The van der Waals surface area contributed by atoms with Crippen LogP contribution in [0.3, 0.4) is 0 Å². The number of likely N-dealkylation sites (tertiary alicyclic amines) is 1. The minimum Gasteiger partial charge on any atom is -0.472 e. The van der Waals surface area contributed by atoms with Crippen LogP contribution < -0.4 is 4.74 Å². The number of carbonyl (C=O) groups excluding carboxylic acids is 1. The van der Waals surface area contributed by atoms with Crippen LogP contribution in [0.15, 0.2) is 18.6 Å². The fraction of sp³-hybridized carbons (Fsp3) is 0.643. The predicted octanol–water partition coefficient (Wildman–Crippen LogP) is 1.89. The molecule has 104 valence electrons. The van der Waals surface area contributed by atoms with E-state index in [0.717, 1.165) is 19.4 Å². The highest BCUT2D eigenvalue weighted by atomic mass is 16.5. The number of piperidine rings is 1. The van der Waals surface area contributed by atoms with E-state index in [0.29, 0.717) is 12.4 Å². The van der Waals surface area contributed by atoms with Gasteiger partial charge >= 0.3 is 0 Å². The third-order valence-corrected chi connectivity index (χ3v) is 3.15. The molecule has 1 saturated heterocycles. The molecule has 0 N–H and O–H groups in total. The fourth-order valence-electron chi connectivity index (χ4n) is 2.21. The van der Waals surface area contributed by atoms with Crippen molar-refractivity contribution in [2.45, 2.75) is 39.7 Å². The van der Waals surface area contributed by atoms with Crippen LogP contribution in [0.4, 0.5) is 0 Å². The van der Waals surface area contributed by atoms with Crippen molar-refractivity contribution in [3.63, 3.8) is 0 Å². The van der Waals surface area contributed by atoms with Crippen molar-refractivity contribution < 1.29 is 9.53 Å². The van der Waals surface area contributed by atoms with Crippen LogP contribution in [0.1, 0.15) is 33.6 Å². The summed E-state index contributed by atoms with van der Waals surface area (Å²) >= 11 is 0. The third-order valence-electron chi connectivity index (χ3n) is 3.15. The molecule has 19 heavy (non-hydrogen) atoms. The zero-order valence-corrected chi connectivity index (χ0v) is 11.8. The van der Waals surface area contributed by atoms with Crippen molar-refractivity contribution >= 4 is 5.91 Å². The number of rotatable bonds is 2. The van der Waals surface area contributed by atoms with E-state index < -0.39 is 0 Å². The van der Waals surface area contributed by atoms with Gasteiger partial charge in [-0.3, -0.25) is 4.79 Å². The molecule has 0 bridgehead atoms. The monoisotopic (exact) mass is 263 g/mol. The van der Waals surface area contributed by atoms with Crippen molar-refractivity contribution in [1.29, 1.82) is 0 Å². The Bertz CT molecular complexity index is 428. The van der Waals surface area contributed by atoms with Gasteiger partial charge in [0.15, 0.2) is 0 Å². The maximum Gasteiger partial charge on any atom is 0.228 e. The average molecular weight is 263 g/mol. The first kappa shape index (κ1) is 13.8. The smallest absolute Gasteiger partial charge is 0.228 e. The van der Waals surface area contributed by atoms with E-state index in [9.17, 15) is 4.79 Å². The lowest BCUT2D eigenvalue weighted by Crippen LogP contribution is -2.48. The molecule has 1 amide bonds. The highest BCUT2D eigenvalue weighted by Crippen LogP contribution is 2.22. The number of nitrogens with zero attached hydrogens (tertiary/aromatic N) is 3. The van der Waals surface area contributed by atoms with Crippen LogP contribution in [0.2, 0.25) is 0 Å². The molecule has 0 spiro atoms. The second-order valence-electron chi connectivity index (χ2n) is 5.93. The Morgan fingerprint density at radius 1 is 1.47 bits per heavy atom. The van der Waals surface area contributed by atoms with Crippen LogP contribution in [0.5, 0.6) is 5.88 Å². The lowest BCUT2D eigenvalue weighted by molar-refractivity contribution is -0.142. The summed E-state index contributed by atoms with van der Waals surface area (Å²) in [5.41, 5.74) is -0.337. The summed E-state index contributed by atoms with van der Waals surface area (Å²) in [6, 6.07) is 1.74. The van der Waals surface area contributed by atoms with Gasteiger partial charge in [0, 0.05) is 24.2 Å². The first-order valence-corrected chi connectivity index (χ1v) is 6.69. The molecular weight excluding hydrogens is 242 g/mol. The van der Waals surface area contributed by atoms with E-state index in [1.165, 1.54) is 6.33 Å². The van der Waals surface area contributed by atoms with E-state index in [1.54, 1.807) is 12.3 Å². The zero-order valence-electron chi connectivity index (χ0n) is 11.8. The maximum atomic E-state index is 12.3. The highest BCUT2D eigenvalue weighted by molar-refractivity contribution is 5.81. The topological polar surface area (TPSA) is 55.3 Å². The van der Waals surface area contributed by atoms with E-state index in [4.69, 9.17) is 4.74 Å². The second-order valence-corrected chi connectivity index (χ2v) is 5.93. The lowest BCUT2D eigenvalue weighted by atomic mass is 9.93. The van der Waals surface area contributed by atoms with Crippen LogP contribution in [-0.4, -0.2) is 40.0 Å². The molecule has 1 aromatic rings. The van der Waals surface area contributed by atoms with Gasteiger partial charge in [0.25, 0.3) is 0 Å². The van der Waals surface area contributed by atoms with Crippen LogP contribution in [-0.2, 0) is 4.79 Å². The van der Waals surface area contributed by atoms with Crippen LogP contribution in [0, 0.1) is 5.41 Å². The van der Waals surface area contributed by atoms with Crippen molar-refractivity contribution in [3.8, 4) is 5.88 Å². The molecule has 0 aromatic carbocycles. The predicted molar refractivity (Wildman–Crippen MR) is 71.7 cm³/mol. The van der Waals surface area contributed by atoms with Crippen LogP contribution in [0.25, 0.3) is 0 Å². The Labute approximate surface area is 114 Å². The average Bonchev–Trinajstić information content (AvgIpc) is 2.38. The Kier molecular flexibility index (Phi) is 4.02. The molecule has 2 rings (SSSR count). The van der Waals surface area contributed by atoms with Crippen LogP contribution >= 0.6 is 0 Å². The summed E-state index contributed by atoms with van der Waals surface area (Å²) in [6.45, 7) is 7.30. The Balaban J connectivity index is 1.96. The van der Waals surface area contributed by atoms with Gasteiger partial charge in [-0.2, -0.15) is 0 Å². The molecule has 1 fully saturated rings. The fourth-order valence-corrected chi connectivity index (χ4v) is 2.21. The molecule has 1 aliphatic rings. The van der Waals surface area contributed by atoms with Gasteiger partial charge in [-0.1, -0.05) is 20.8 Å². The second kappa shape index (κ2) is 5.55. The first-order valence-electron chi connectivity index (χ1n) is 6.69. The van der Waals surface area contributed by atoms with Gasteiger partial charge in [0.1, 0.15) is 12.4 Å². The Morgan fingerprint density at radius 3 is 2.89 bits per heavy atom. The molecular formula is C14H21N3O2. The summed E-state index contributed by atoms with van der Waals surface area (Å²) in [4.78, 5) is 22.1. The summed E-state index contributed by atoms with van der Waals surface area (Å²) in [5.74, 6) is 0.758. The molecule has 5 heteroatoms. The Hall–Kier alpha value is -1.65. The van der Waals surface area contributed by atoms with Gasteiger partial charge in [-0.05, 0) is 12.8 Å². The first-order chi connectivity index (χ1) is 8.97. The minimum absolute atomic E-state index is 0.0231. The number of ether oxygens (including phenoxy) is 1. The zero-order chi connectivity index (χ0) is 13.9. The van der Waals surface area contributed by atoms with E-state index in [2.05, 4.69) is 9.97 Å². The van der Waals surface area contributed by atoms with Crippen molar-refractivity contribution in [2.75, 3.05) is 13.1 Å². The van der Waals surface area contributed by atoms with E-state index >= 15 is 0 Å². The molecule has 1 aliphatic heterocycles. The van der Waals surface area contributed by atoms with Gasteiger partial charge in [-0.25, -0.2) is 9.97 Å². The van der Waals surface area contributed by atoms with E-state index in [-0.39, 0.29) is 17.4 Å². The maximum absolute atomic E-state index is 12.3. The SMILES string of the molecule is CC(C)(C)C(=O)N1CCC[C@@H](Oc2ccncn2)C1. The third kappa shape index (κ3) is 3.66. The summed E-state index contributed by atoms with van der Waals surface area (Å²) in [5, 5.41) is 0. The van der Waals surface area contributed by atoms with E-state index in [1.807, 2.05) is 25.7 Å². The number of carbonyl (C=O) groups is 1. The molecule has 0 unspecified atom stereocenters. The molecule has 1 aromatic heterocycles. The standard InChI is InChI=1S/C14H21N3O2/c1-14(2,3)13(18)17-8-4-5-11(9-17)19-12-6-7-15-10-16-12/h6-7,10-11H,4-5,8-9H2,1-3H3/t11-/m1/s1. The molecule has 0 aliphatic carbocycles. The number of hydrogen-bond donors (Lipinski definition) is 0. The normalized spacial score (nSPS) is 20.2. The van der Waals surface area contributed by atoms with Crippen molar-refractivity contribution in [1.82, 2.24) is 14.9 Å². The van der Waals surface area contributed by atoms with Crippen molar-refractivity contribution in [2.24, 2.45) is 5.41 Å². The van der Waals surface area contributed by atoms with Crippen molar-refractivity contribution in [3.05, 3.63) is 18.6 Å². The largest absolute Gasteiger partial charge is 0.472 e. The quantitative estimate of drug-likeness (QED) is 0.817. The summed E-state index contributed by atoms with van der Waals surface area (Å²) in [6.07, 6.45) is 5.07. The van der Waals surface area contributed by atoms with Gasteiger partial charge < -0.3 is 9.64 Å². The molecule has 0 saturated carbocycles. The molecule has 5 nitrogen and oxygen atoms in total. The van der Waals surface area contributed by atoms with Gasteiger partial charge in [0.05, 0.1) is 6.54 Å².